The number of carbonyl (C=O) groups excluding carboxylic acids is 1. The van der Waals surface area contributed by atoms with E-state index in [0.29, 0.717) is 19.8 Å². The minimum Gasteiger partial charge on any atom is -0.475 e. The molecule has 7 heteroatoms. The number of carbonyl (C=O) groups is 2. The van der Waals surface area contributed by atoms with E-state index in [-0.39, 0.29) is 11.5 Å². The van der Waals surface area contributed by atoms with Crippen LogP contribution in [-0.2, 0) is 4.74 Å². The Labute approximate surface area is 103 Å². The summed E-state index contributed by atoms with van der Waals surface area (Å²) in [5.41, 5.74) is 0.816. The van der Waals surface area contributed by atoms with Gasteiger partial charge in [-0.2, -0.15) is 0 Å². The quantitative estimate of drug-likeness (QED) is 0.548. The fraction of sp³-hybridized carbons (Fsp3) is 0.364. The van der Waals surface area contributed by atoms with E-state index < -0.39 is 11.9 Å². The smallest absolute Gasteiger partial charge is 0.374 e. The second-order valence-electron chi connectivity index (χ2n) is 3.65. The molecule has 0 radical (unpaired) electrons. The number of aromatic nitrogens is 1. The van der Waals surface area contributed by atoms with Crippen molar-refractivity contribution in [3.63, 3.8) is 0 Å². The maximum absolute atomic E-state index is 11.5. The van der Waals surface area contributed by atoms with Crippen LogP contribution < -0.4 is 5.32 Å². The summed E-state index contributed by atoms with van der Waals surface area (Å²) in [5, 5.41) is 14.4. The zero-order valence-electron chi connectivity index (χ0n) is 9.93. The van der Waals surface area contributed by atoms with Crippen molar-refractivity contribution in [2.45, 2.75) is 6.92 Å². The van der Waals surface area contributed by atoms with Crippen molar-refractivity contribution in [1.29, 1.82) is 0 Å². The summed E-state index contributed by atoms with van der Waals surface area (Å²) < 4.78 is 9.63. The predicted molar refractivity (Wildman–Crippen MR) is 61.4 cm³/mol. The first-order valence-corrected chi connectivity index (χ1v) is 5.21. The van der Waals surface area contributed by atoms with Crippen LogP contribution in [0.25, 0.3) is 0 Å². The molecule has 7 nitrogen and oxygen atoms in total. The van der Waals surface area contributed by atoms with E-state index in [1.165, 1.54) is 0 Å². The first-order valence-electron chi connectivity index (χ1n) is 5.21. The first-order chi connectivity index (χ1) is 8.50. The molecule has 0 spiro atoms. The van der Waals surface area contributed by atoms with Gasteiger partial charge in [0.25, 0.3) is 5.91 Å². The number of amides is 1. The molecule has 1 heterocycles. The minimum absolute atomic E-state index is 0.0766. The molecule has 1 rings (SSSR count). The average Bonchev–Trinajstić information content (AvgIpc) is 2.77. The van der Waals surface area contributed by atoms with E-state index in [0.717, 1.165) is 11.6 Å². The molecule has 0 unspecified atom stereocenters. The van der Waals surface area contributed by atoms with Crippen LogP contribution in [0.15, 0.2) is 22.7 Å². The van der Waals surface area contributed by atoms with Gasteiger partial charge in [-0.25, -0.2) is 4.79 Å². The Morgan fingerprint density at radius 1 is 1.61 bits per heavy atom. The average molecular weight is 254 g/mol. The Hall–Kier alpha value is -2.15. The number of rotatable bonds is 7. The molecule has 0 saturated heterocycles. The standard InChI is InChI=1S/C11H14N2O5/c1-7(2)6-17-4-3-12-10(14)8-5-9(11(15)16)18-13-8/h5H,1,3-4,6H2,2H3,(H,12,14)(H,15,16). The zero-order chi connectivity index (χ0) is 13.5. The van der Waals surface area contributed by atoms with Crippen molar-refractivity contribution in [1.82, 2.24) is 10.5 Å². The highest BCUT2D eigenvalue weighted by Gasteiger charge is 2.15. The lowest BCUT2D eigenvalue weighted by atomic mass is 10.3. The lowest BCUT2D eigenvalue weighted by molar-refractivity contribution is 0.0651. The molecule has 0 atom stereocenters. The van der Waals surface area contributed by atoms with E-state index in [9.17, 15) is 9.59 Å². The van der Waals surface area contributed by atoms with E-state index in [1.807, 2.05) is 6.92 Å². The van der Waals surface area contributed by atoms with Gasteiger partial charge >= 0.3 is 5.97 Å². The van der Waals surface area contributed by atoms with Crippen LogP contribution in [0.3, 0.4) is 0 Å². The van der Waals surface area contributed by atoms with Gasteiger partial charge < -0.3 is 19.7 Å². The number of hydrogen-bond acceptors (Lipinski definition) is 5. The Bertz CT molecular complexity index is 452. The van der Waals surface area contributed by atoms with Crippen molar-refractivity contribution >= 4 is 11.9 Å². The number of ether oxygens (including phenoxy) is 1. The van der Waals surface area contributed by atoms with Gasteiger partial charge in [-0.15, -0.1) is 0 Å². The molecule has 1 aromatic heterocycles. The zero-order valence-corrected chi connectivity index (χ0v) is 9.93. The van der Waals surface area contributed by atoms with Gasteiger partial charge in [-0.05, 0) is 6.92 Å². The lowest BCUT2D eigenvalue weighted by Gasteiger charge is -2.04. The summed E-state index contributed by atoms with van der Waals surface area (Å²) in [6.07, 6.45) is 0. The van der Waals surface area contributed by atoms with Gasteiger partial charge in [0.1, 0.15) is 0 Å². The van der Waals surface area contributed by atoms with Gasteiger partial charge in [0.15, 0.2) is 5.69 Å². The number of aromatic carboxylic acids is 1. The highest BCUT2D eigenvalue weighted by molar-refractivity contribution is 5.94. The summed E-state index contributed by atoms with van der Waals surface area (Å²) in [4.78, 5) is 22.0. The maximum atomic E-state index is 11.5. The van der Waals surface area contributed by atoms with Gasteiger partial charge in [-0.3, -0.25) is 4.79 Å². The molecule has 0 bridgehead atoms. The number of nitrogens with one attached hydrogen (secondary N) is 1. The third-order valence-corrected chi connectivity index (χ3v) is 1.83. The van der Waals surface area contributed by atoms with Crippen molar-refractivity contribution < 1.29 is 24.0 Å². The molecule has 1 aromatic rings. The van der Waals surface area contributed by atoms with Crippen LogP contribution in [0.4, 0.5) is 0 Å². The Balaban J connectivity index is 2.32. The molecule has 0 fully saturated rings. The molecule has 98 valence electrons. The fourth-order valence-corrected chi connectivity index (χ4v) is 1.06. The summed E-state index contributed by atoms with van der Waals surface area (Å²) in [5.74, 6) is -2.16. The normalized spacial score (nSPS) is 10.1. The van der Waals surface area contributed by atoms with Crippen molar-refractivity contribution in [3.8, 4) is 0 Å². The molecule has 0 aliphatic heterocycles. The molecular formula is C11H14N2O5. The summed E-state index contributed by atoms with van der Waals surface area (Å²) in [7, 11) is 0. The molecule has 0 aliphatic rings. The molecule has 0 aromatic carbocycles. The second-order valence-corrected chi connectivity index (χ2v) is 3.65. The molecular weight excluding hydrogens is 240 g/mol. The second kappa shape index (κ2) is 6.55. The maximum Gasteiger partial charge on any atom is 0.374 e. The number of carboxylic acids is 1. The third kappa shape index (κ3) is 4.38. The van der Waals surface area contributed by atoms with Crippen LogP contribution in [0.2, 0.25) is 0 Å². The minimum atomic E-state index is -1.27. The van der Waals surface area contributed by atoms with Crippen LogP contribution >= 0.6 is 0 Å². The van der Waals surface area contributed by atoms with E-state index in [4.69, 9.17) is 9.84 Å². The van der Waals surface area contributed by atoms with Gasteiger partial charge in [0, 0.05) is 12.6 Å². The first kappa shape index (κ1) is 13.9. The van der Waals surface area contributed by atoms with Crippen LogP contribution in [0.1, 0.15) is 28.0 Å². The monoisotopic (exact) mass is 254 g/mol. The van der Waals surface area contributed by atoms with E-state index >= 15 is 0 Å². The number of hydrogen-bond donors (Lipinski definition) is 2. The van der Waals surface area contributed by atoms with Crippen LogP contribution in [-0.4, -0.2) is 41.9 Å². The molecule has 2 N–H and O–H groups in total. The highest BCUT2D eigenvalue weighted by Crippen LogP contribution is 2.02. The lowest BCUT2D eigenvalue weighted by Crippen LogP contribution is -2.27. The summed E-state index contributed by atoms with van der Waals surface area (Å²) >= 11 is 0. The van der Waals surface area contributed by atoms with Gasteiger partial charge in [0.2, 0.25) is 5.76 Å². The predicted octanol–water partition coefficient (Wildman–Crippen LogP) is 0.695. The molecule has 0 saturated carbocycles. The van der Waals surface area contributed by atoms with Crippen LogP contribution in [0.5, 0.6) is 0 Å². The van der Waals surface area contributed by atoms with Crippen molar-refractivity contribution in [2.75, 3.05) is 19.8 Å². The number of carboxylic acid groups (broad SMARTS) is 1. The topological polar surface area (TPSA) is 102 Å². The van der Waals surface area contributed by atoms with Crippen LogP contribution in [0, 0.1) is 0 Å². The molecule has 18 heavy (non-hydrogen) atoms. The van der Waals surface area contributed by atoms with E-state index in [2.05, 4.69) is 21.6 Å². The Kier molecular flexibility index (Phi) is 5.06. The largest absolute Gasteiger partial charge is 0.475 e. The van der Waals surface area contributed by atoms with Crippen molar-refractivity contribution in [3.05, 3.63) is 29.7 Å². The Morgan fingerprint density at radius 2 is 2.33 bits per heavy atom. The van der Waals surface area contributed by atoms with Crippen molar-refractivity contribution in [2.24, 2.45) is 0 Å². The third-order valence-electron chi connectivity index (χ3n) is 1.83. The molecule has 0 aliphatic carbocycles. The summed E-state index contributed by atoms with van der Waals surface area (Å²) in [6.45, 7) is 6.56. The fourth-order valence-electron chi connectivity index (χ4n) is 1.06. The van der Waals surface area contributed by atoms with Gasteiger partial charge in [0.05, 0.1) is 13.2 Å². The van der Waals surface area contributed by atoms with Gasteiger partial charge in [-0.1, -0.05) is 17.3 Å². The number of nitrogens with zero attached hydrogens (tertiary/aromatic N) is 1. The molecule has 1 amide bonds. The van der Waals surface area contributed by atoms with E-state index in [1.54, 1.807) is 0 Å². The Morgan fingerprint density at radius 3 is 2.89 bits per heavy atom. The summed E-state index contributed by atoms with van der Waals surface area (Å²) in [6, 6.07) is 1.06. The SMILES string of the molecule is C=C(C)COCCNC(=O)c1cc(C(=O)O)on1. The highest BCUT2D eigenvalue weighted by atomic mass is 16.5.